The first-order valence-electron chi connectivity index (χ1n) is 7.82. The van der Waals surface area contributed by atoms with Crippen molar-refractivity contribution >= 4 is 11.9 Å². The summed E-state index contributed by atoms with van der Waals surface area (Å²) in [6, 6.07) is 12.9. The minimum atomic E-state index is -1.11. The highest BCUT2D eigenvalue weighted by molar-refractivity contribution is 5.84. The molecule has 0 aliphatic rings. The van der Waals surface area contributed by atoms with E-state index < -0.39 is 12.0 Å². The molecule has 0 aliphatic heterocycles. The smallest absolute Gasteiger partial charge is 0.330 e. The van der Waals surface area contributed by atoms with Crippen molar-refractivity contribution in [2.75, 3.05) is 14.2 Å². The number of ether oxygens (including phenoxy) is 2. The Morgan fingerprint density at radius 2 is 1.48 bits per heavy atom. The number of rotatable bonds is 8. The van der Waals surface area contributed by atoms with Crippen molar-refractivity contribution in [1.29, 1.82) is 0 Å². The molecule has 6 nitrogen and oxygen atoms in total. The van der Waals surface area contributed by atoms with Gasteiger partial charge in [-0.05, 0) is 41.8 Å². The fourth-order valence-electron chi connectivity index (χ4n) is 2.37. The normalized spacial score (nSPS) is 11.4. The molecule has 0 spiro atoms. The highest BCUT2D eigenvalue weighted by Gasteiger charge is 2.21. The van der Waals surface area contributed by atoms with Gasteiger partial charge in [0.05, 0.1) is 14.2 Å². The molecule has 6 heteroatoms. The van der Waals surface area contributed by atoms with Gasteiger partial charge in [0, 0.05) is 6.42 Å². The van der Waals surface area contributed by atoms with Crippen LogP contribution in [0.5, 0.6) is 11.5 Å². The summed E-state index contributed by atoms with van der Waals surface area (Å²) in [7, 11) is 3.12. The van der Waals surface area contributed by atoms with Crippen molar-refractivity contribution in [1.82, 2.24) is 5.32 Å². The van der Waals surface area contributed by atoms with Gasteiger partial charge in [-0.2, -0.15) is 0 Å². The van der Waals surface area contributed by atoms with Crippen LogP contribution in [0.4, 0.5) is 0 Å². The monoisotopic (exact) mass is 343 g/mol. The van der Waals surface area contributed by atoms with Crippen LogP contribution in [0.25, 0.3) is 0 Å². The molecule has 132 valence electrons. The number of carboxylic acid groups (broad SMARTS) is 1. The topological polar surface area (TPSA) is 84.9 Å². The molecule has 0 fully saturated rings. The van der Waals surface area contributed by atoms with Crippen LogP contribution in [0.1, 0.15) is 23.6 Å². The van der Waals surface area contributed by atoms with Crippen LogP contribution in [0.3, 0.4) is 0 Å². The molecule has 0 bridgehead atoms. The van der Waals surface area contributed by atoms with E-state index in [-0.39, 0.29) is 12.3 Å². The fourth-order valence-corrected chi connectivity index (χ4v) is 2.37. The number of benzene rings is 2. The summed E-state index contributed by atoms with van der Waals surface area (Å²) in [6.07, 6.45) is 0.719. The molecule has 0 saturated heterocycles. The molecule has 0 aliphatic carbocycles. The van der Waals surface area contributed by atoms with E-state index in [1.165, 1.54) is 7.11 Å². The standard InChI is InChI=1S/C19H21NO5/c1-24-15-8-3-13(4-9-15)5-12-17(21)20-18(19(22)23)14-6-10-16(25-2)11-7-14/h3-4,6-11,18H,5,12H2,1-2H3,(H,20,21)(H,22,23). The zero-order chi connectivity index (χ0) is 18.2. The highest BCUT2D eigenvalue weighted by atomic mass is 16.5. The van der Waals surface area contributed by atoms with E-state index in [1.54, 1.807) is 31.4 Å². The molecular weight excluding hydrogens is 322 g/mol. The fraction of sp³-hybridized carbons (Fsp3) is 0.263. The maximum Gasteiger partial charge on any atom is 0.330 e. The van der Waals surface area contributed by atoms with E-state index >= 15 is 0 Å². The number of carbonyl (C=O) groups is 2. The first-order valence-corrected chi connectivity index (χ1v) is 7.82. The Kier molecular flexibility index (Phi) is 6.39. The average Bonchev–Trinajstić information content (AvgIpc) is 2.64. The zero-order valence-electron chi connectivity index (χ0n) is 14.2. The first-order chi connectivity index (χ1) is 12.0. The van der Waals surface area contributed by atoms with Crippen molar-refractivity contribution in [3.8, 4) is 11.5 Å². The lowest BCUT2D eigenvalue weighted by atomic mass is 10.1. The van der Waals surface area contributed by atoms with Crippen LogP contribution in [0.15, 0.2) is 48.5 Å². The Morgan fingerprint density at radius 1 is 0.960 bits per heavy atom. The molecule has 0 aromatic heterocycles. The Morgan fingerprint density at radius 3 is 1.96 bits per heavy atom. The molecular formula is C19H21NO5. The second-order valence-electron chi connectivity index (χ2n) is 5.46. The second-order valence-corrected chi connectivity index (χ2v) is 5.46. The van der Waals surface area contributed by atoms with Crippen LogP contribution in [0, 0.1) is 0 Å². The summed E-state index contributed by atoms with van der Waals surface area (Å²) in [5.41, 5.74) is 1.47. The minimum absolute atomic E-state index is 0.201. The molecule has 0 radical (unpaired) electrons. The van der Waals surface area contributed by atoms with Gasteiger partial charge in [0.1, 0.15) is 11.5 Å². The van der Waals surface area contributed by atoms with Crippen molar-refractivity contribution in [2.45, 2.75) is 18.9 Å². The SMILES string of the molecule is COc1ccc(CCC(=O)NC(C(=O)O)c2ccc(OC)cc2)cc1. The molecule has 0 saturated carbocycles. The van der Waals surface area contributed by atoms with Crippen molar-refractivity contribution in [2.24, 2.45) is 0 Å². The molecule has 2 rings (SSSR count). The van der Waals surface area contributed by atoms with Gasteiger partial charge in [0.25, 0.3) is 0 Å². The Labute approximate surface area is 146 Å². The van der Waals surface area contributed by atoms with Gasteiger partial charge in [0.2, 0.25) is 5.91 Å². The van der Waals surface area contributed by atoms with Gasteiger partial charge in [-0.1, -0.05) is 24.3 Å². The maximum atomic E-state index is 12.1. The Balaban J connectivity index is 1.95. The average molecular weight is 343 g/mol. The van der Waals surface area contributed by atoms with Gasteiger partial charge in [0.15, 0.2) is 6.04 Å². The molecule has 2 aromatic rings. The third kappa shape index (κ3) is 5.24. The second kappa shape index (κ2) is 8.73. The molecule has 1 unspecified atom stereocenters. The van der Waals surface area contributed by atoms with Gasteiger partial charge in [-0.15, -0.1) is 0 Å². The maximum absolute atomic E-state index is 12.1. The number of hydrogen-bond donors (Lipinski definition) is 2. The predicted octanol–water partition coefficient (Wildman–Crippen LogP) is 2.58. The number of hydrogen-bond acceptors (Lipinski definition) is 4. The highest BCUT2D eigenvalue weighted by Crippen LogP contribution is 2.18. The summed E-state index contributed by atoms with van der Waals surface area (Å²) < 4.78 is 10.1. The lowest BCUT2D eigenvalue weighted by Gasteiger charge is -2.15. The third-order valence-electron chi connectivity index (χ3n) is 3.80. The largest absolute Gasteiger partial charge is 0.497 e. The van der Waals surface area contributed by atoms with Crippen molar-refractivity contribution in [3.63, 3.8) is 0 Å². The molecule has 2 N–H and O–H groups in total. The van der Waals surface area contributed by atoms with Gasteiger partial charge in [-0.25, -0.2) is 4.79 Å². The van der Waals surface area contributed by atoms with E-state index in [4.69, 9.17) is 9.47 Å². The van der Waals surface area contributed by atoms with Crippen molar-refractivity contribution < 1.29 is 24.2 Å². The quantitative estimate of drug-likeness (QED) is 0.769. The number of nitrogens with one attached hydrogen (secondary N) is 1. The van der Waals surface area contributed by atoms with E-state index in [0.717, 1.165) is 11.3 Å². The molecule has 25 heavy (non-hydrogen) atoms. The van der Waals surface area contributed by atoms with E-state index in [0.29, 0.717) is 17.7 Å². The molecule has 1 atom stereocenters. The van der Waals surface area contributed by atoms with Crippen molar-refractivity contribution in [3.05, 3.63) is 59.7 Å². The zero-order valence-corrected chi connectivity index (χ0v) is 14.2. The van der Waals surface area contributed by atoms with E-state index in [2.05, 4.69) is 5.32 Å². The lowest BCUT2D eigenvalue weighted by molar-refractivity contribution is -0.142. The van der Waals surface area contributed by atoms with E-state index in [1.807, 2.05) is 24.3 Å². The predicted molar refractivity (Wildman–Crippen MR) is 92.8 cm³/mol. The van der Waals surface area contributed by atoms with Gasteiger partial charge < -0.3 is 19.9 Å². The van der Waals surface area contributed by atoms with Crippen LogP contribution < -0.4 is 14.8 Å². The van der Waals surface area contributed by atoms with Gasteiger partial charge >= 0.3 is 5.97 Å². The Hall–Kier alpha value is -3.02. The number of carboxylic acids is 1. The first kappa shape index (κ1) is 18.3. The number of aryl methyl sites for hydroxylation is 1. The number of methoxy groups -OCH3 is 2. The molecule has 1 amide bonds. The summed E-state index contributed by atoms with van der Waals surface area (Å²) in [5, 5.41) is 11.9. The summed E-state index contributed by atoms with van der Waals surface area (Å²) in [6.45, 7) is 0. The van der Waals surface area contributed by atoms with Crippen LogP contribution in [-0.2, 0) is 16.0 Å². The third-order valence-corrected chi connectivity index (χ3v) is 3.80. The number of amides is 1. The van der Waals surface area contributed by atoms with E-state index in [9.17, 15) is 14.7 Å². The number of carbonyl (C=O) groups excluding carboxylic acids is 1. The minimum Gasteiger partial charge on any atom is -0.497 e. The van der Waals surface area contributed by atoms with Crippen LogP contribution >= 0.6 is 0 Å². The number of aliphatic carboxylic acids is 1. The Bertz CT molecular complexity index is 710. The lowest BCUT2D eigenvalue weighted by Crippen LogP contribution is -2.33. The van der Waals surface area contributed by atoms with Crippen LogP contribution in [0.2, 0.25) is 0 Å². The molecule has 0 heterocycles. The summed E-state index contributed by atoms with van der Waals surface area (Å²) >= 11 is 0. The summed E-state index contributed by atoms with van der Waals surface area (Å²) in [4.78, 5) is 23.6. The van der Waals surface area contributed by atoms with Gasteiger partial charge in [-0.3, -0.25) is 4.79 Å². The van der Waals surface area contributed by atoms with Crippen LogP contribution in [-0.4, -0.2) is 31.2 Å². The summed E-state index contributed by atoms with van der Waals surface area (Å²) in [5.74, 6) is -0.0561. The molecule has 2 aromatic carbocycles.